The molecule has 0 heterocycles. The molecular weight excluding hydrogens is 208 g/mol. The monoisotopic (exact) mass is 224 g/mol. The highest BCUT2D eigenvalue weighted by molar-refractivity contribution is 5.88. The number of Topliss-reactive ketones (excluding diaryl/α,β-unsaturated/α-hetero) is 1. The third-order valence-corrected chi connectivity index (χ3v) is 1.92. The average molecular weight is 224 g/mol. The third kappa shape index (κ3) is 4.20. The fourth-order valence-corrected chi connectivity index (χ4v) is 0.944. The molecule has 0 aromatic heterocycles. The van der Waals surface area contributed by atoms with E-state index in [0.717, 1.165) is 0 Å². The van der Waals surface area contributed by atoms with Gasteiger partial charge in [0.15, 0.2) is 5.78 Å². The number of carbonyl (C=O) groups excluding carboxylic acids is 1. The first-order valence-corrected chi connectivity index (χ1v) is 4.43. The molecule has 7 nitrogen and oxygen atoms in total. The van der Waals surface area contributed by atoms with Gasteiger partial charge in [0.1, 0.15) is 18.3 Å². The molecule has 0 rings (SSSR count). The van der Waals surface area contributed by atoms with Gasteiger partial charge in [0.2, 0.25) is 0 Å². The first-order valence-electron chi connectivity index (χ1n) is 4.43. The molecule has 0 aliphatic rings. The topological polar surface area (TPSA) is 138 Å². The summed E-state index contributed by atoms with van der Waals surface area (Å²) >= 11 is 0. The lowest BCUT2D eigenvalue weighted by Gasteiger charge is -2.21. The van der Waals surface area contributed by atoms with Crippen molar-refractivity contribution in [3.8, 4) is 0 Å². The van der Waals surface area contributed by atoms with E-state index in [2.05, 4.69) is 0 Å². The van der Waals surface area contributed by atoms with Crippen LogP contribution in [0.4, 0.5) is 0 Å². The Hall–Kier alpha value is -0.570. The van der Waals surface area contributed by atoms with Crippen LogP contribution in [0.5, 0.6) is 0 Å². The van der Waals surface area contributed by atoms with Crippen LogP contribution in [0.15, 0.2) is 0 Å². The van der Waals surface area contributed by atoms with Crippen LogP contribution in [0.25, 0.3) is 0 Å². The van der Waals surface area contributed by atoms with Gasteiger partial charge in [0, 0.05) is 6.61 Å². The Labute approximate surface area is 86.2 Å². The second kappa shape index (κ2) is 6.83. The number of carbonyl (C=O) groups is 1. The summed E-state index contributed by atoms with van der Waals surface area (Å²) in [5.41, 5.74) is 0. The molecule has 0 aliphatic heterocycles. The number of aliphatic hydroxyl groups is 6. The van der Waals surface area contributed by atoms with Gasteiger partial charge in [-0.15, -0.1) is 0 Å². The number of rotatable bonds is 7. The van der Waals surface area contributed by atoms with Gasteiger partial charge in [-0.05, 0) is 6.42 Å². The molecule has 1 unspecified atom stereocenters. The summed E-state index contributed by atoms with van der Waals surface area (Å²) in [4.78, 5) is 11.1. The van der Waals surface area contributed by atoms with E-state index in [1.54, 1.807) is 0 Å². The van der Waals surface area contributed by atoms with Gasteiger partial charge >= 0.3 is 0 Å². The highest BCUT2D eigenvalue weighted by Crippen LogP contribution is 2.05. The molecule has 0 aliphatic carbocycles. The molecule has 0 aromatic rings. The minimum atomic E-state index is -1.96. The zero-order chi connectivity index (χ0) is 12.0. The Morgan fingerprint density at radius 3 is 1.80 bits per heavy atom. The Morgan fingerprint density at radius 2 is 1.40 bits per heavy atom. The Kier molecular flexibility index (Phi) is 6.57. The lowest BCUT2D eigenvalue weighted by Crippen LogP contribution is -2.46. The van der Waals surface area contributed by atoms with Gasteiger partial charge in [0.25, 0.3) is 0 Å². The van der Waals surface area contributed by atoms with Crippen LogP contribution in [0.2, 0.25) is 0 Å². The summed E-state index contributed by atoms with van der Waals surface area (Å²) < 4.78 is 0. The highest BCUT2D eigenvalue weighted by Gasteiger charge is 2.32. The van der Waals surface area contributed by atoms with E-state index in [-0.39, 0.29) is 6.42 Å². The number of ketones is 1. The van der Waals surface area contributed by atoms with Crippen molar-refractivity contribution in [1.29, 1.82) is 0 Å². The largest absolute Gasteiger partial charge is 0.396 e. The summed E-state index contributed by atoms with van der Waals surface area (Å²) in [6.45, 7) is -1.26. The van der Waals surface area contributed by atoms with Crippen LogP contribution in [0, 0.1) is 0 Å². The van der Waals surface area contributed by atoms with Crippen LogP contribution >= 0.6 is 0 Å². The second-order valence-corrected chi connectivity index (χ2v) is 3.12. The van der Waals surface area contributed by atoms with E-state index in [1.165, 1.54) is 0 Å². The van der Waals surface area contributed by atoms with Crippen molar-refractivity contribution in [2.45, 2.75) is 30.8 Å². The van der Waals surface area contributed by atoms with Gasteiger partial charge in [-0.25, -0.2) is 0 Å². The molecule has 0 bridgehead atoms. The fraction of sp³-hybridized carbons (Fsp3) is 0.875. The normalized spacial score (nSPS) is 19.3. The SMILES string of the molecule is O=C([C@@H](O)C(O)CCO)[C@H](O)[C@H](O)CO. The lowest BCUT2D eigenvalue weighted by molar-refractivity contribution is -0.149. The number of aliphatic hydroxyl groups excluding tert-OH is 6. The van der Waals surface area contributed by atoms with Crippen molar-refractivity contribution in [3.63, 3.8) is 0 Å². The molecule has 0 amide bonds. The summed E-state index contributed by atoms with van der Waals surface area (Å²) in [5.74, 6) is -1.20. The van der Waals surface area contributed by atoms with Crippen LogP contribution in [0.3, 0.4) is 0 Å². The first kappa shape index (κ1) is 14.4. The molecule has 6 N–H and O–H groups in total. The summed E-state index contributed by atoms with van der Waals surface area (Å²) in [6.07, 6.45) is -7.29. The second-order valence-electron chi connectivity index (χ2n) is 3.12. The molecule has 7 heteroatoms. The van der Waals surface area contributed by atoms with Crippen LogP contribution in [-0.2, 0) is 4.79 Å². The summed E-state index contributed by atoms with van der Waals surface area (Å²) in [6, 6.07) is 0. The van der Waals surface area contributed by atoms with Gasteiger partial charge in [-0.3, -0.25) is 4.79 Å². The quantitative estimate of drug-likeness (QED) is 0.262. The molecular formula is C8H16O7. The molecule has 0 aromatic carbocycles. The summed E-state index contributed by atoms with van der Waals surface area (Å²) in [5, 5.41) is 53.1. The summed E-state index contributed by atoms with van der Waals surface area (Å²) in [7, 11) is 0. The zero-order valence-corrected chi connectivity index (χ0v) is 8.02. The molecule has 4 atom stereocenters. The van der Waals surface area contributed by atoms with Crippen molar-refractivity contribution in [1.82, 2.24) is 0 Å². The van der Waals surface area contributed by atoms with E-state index < -0.39 is 43.4 Å². The standard InChI is InChI=1S/C8H16O7/c9-2-1-4(11)6(13)8(15)7(14)5(12)3-10/h4-7,9-14H,1-3H2/t4?,5-,6+,7-/m1/s1. The maximum Gasteiger partial charge on any atom is 0.195 e. The van der Waals surface area contributed by atoms with Crippen LogP contribution < -0.4 is 0 Å². The van der Waals surface area contributed by atoms with E-state index in [9.17, 15) is 4.79 Å². The Morgan fingerprint density at radius 1 is 0.933 bits per heavy atom. The van der Waals surface area contributed by atoms with Crippen molar-refractivity contribution < 1.29 is 35.4 Å². The van der Waals surface area contributed by atoms with E-state index in [1.807, 2.05) is 0 Å². The Bertz CT molecular complexity index is 195. The van der Waals surface area contributed by atoms with Gasteiger partial charge in [0.05, 0.1) is 12.7 Å². The molecule has 90 valence electrons. The number of hydrogen-bond acceptors (Lipinski definition) is 7. The van der Waals surface area contributed by atoms with Gasteiger partial charge in [-0.1, -0.05) is 0 Å². The lowest BCUT2D eigenvalue weighted by atomic mass is 10.00. The van der Waals surface area contributed by atoms with Crippen molar-refractivity contribution in [2.24, 2.45) is 0 Å². The van der Waals surface area contributed by atoms with Crippen molar-refractivity contribution in [3.05, 3.63) is 0 Å². The minimum absolute atomic E-state index is 0.227. The van der Waals surface area contributed by atoms with Crippen molar-refractivity contribution in [2.75, 3.05) is 13.2 Å². The highest BCUT2D eigenvalue weighted by atomic mass is 16.4. The molecule has 0 spiro atoms. The zero-order valence-electron chi connectivity index (χ0n) is 8.02. The first-order chi connectivity index (χ1) is 6.95. The average Bonchev–Trinajstić information content (AvgIpc) is 2.25. The maximum atomic E-state index is 11.1. The predicted octanol–water partition coefficient (Wildman–Crippen LogP) is -3.63. The maximum absolute atomic E-state index is 11.1. The molecule has 0 saturated heterocycles. The van der Waals surface area contributed by atoms with E-state index in [0.29, 0.717) is 0 Å². The minimum Gasteiger partial charge on any atom is -0.396 e. The van der Waals surface area contributed by atoms with Gasteiger partial charge < -0.3 is 30.6 Å². The molecule has 0 saturated carbocycles. The van der Waals surface area contributed by atoms with Gasteiger partial charge in [-0.2, -0.15) is 0 Å². The Balaban J connectivity index is 4.30. The molecule has 15 heavy (non-hydrogen) atoms. The van der Waals surface area contributed by atoms with E-state index in [4.69, 9.17) is 30.6 Å². The van der Waals surface area contributed by atoms with Crippen LogP contribution in [0.1, 0.15) is 6.42 Å². The van der Waals surface area contributed by atoms with Crippen molar-refractivity contribution >= 4 is 5.78 Å². The van der Waals surface area contributed by atoms with E-state index >= 15 is 0 Å². The third-order valence-electron chi connectivity index (χ3n) is 1.92. The molecule has 0 fully saturated rings. The number of hydrogen-bond donors (Lipinski definition) is 6. The predicted molar refractivity (Wildman–Crippen MR) is 47.8 cm³/mol. The molecule has 0 radical (unpaired) electrons. The van der Waals surface area contributed by atoms with Crippen LogP contribution in [-0.4, -0.2) is 74.1 Å². The fourth-order valence-electron chi connectivity index (χ4n) is 0.944. The smallest absolute Gasteiger partial charge is 0.195 e.